The minimum atomic E-state index is -1.62. The third kappa shape index (κ3) is 61.4. The smallest absolute Gasteiger partial charge is 0.306 e. The van der Waals surface area contributed by atoms with Crippen LogP contribution in [0.2, 0.25) is 0 Å². The second kappa shape index (κ2) is 60.9. The minimum absolute atomic E-state index is 0.150. The Morgan fingerprint density at radius 3 is 0.949 bits per heavy atom. The van der Waals surface area contributed by atoms with Gasteiger partial charge in [0.05, 0.1) is 40.3 Å². The highest BCUT2D eigenvalue weighted by molar-refractivity contribution is 5.70. The van der Waals surface area contributed by atoms with Gasteiger partial charge in [-0.3, -0.25) is 9.59 Å². The van der Waals surface area contributed by atoms with Gasteiger partial charge in [-0.2, -0.15) is 0 Å². The average Bonchev–Trinajstić information content (AvgIpc) is 3.41. The van der Waals surface area contributed by atoms with Crippen LogP contribution in [-0.2, 0) is 33.3 Å². The normalized spacial score (nSPS) is 12.8. The zero-order chi connectivity index (χ0) is 56.9. The highest BCUT2D eigenvalue weighted by Crippen LogP contribution is 2.18. The number of likely N-dealkylation sites (N-methyl/N-ethyl adjacent to an activating group) is 1. The maximum Gasteiger partial charge on any atom is 0.306 e. The van der Waals surface area contributed by atoms with Crippen LogP contribution in [0.3, 0.4) is 0 Å². The van der Waals surface area contributed by atoms with Gasteiger partial charge in [-0.15, -0.1) is 0 Å². The van der Waals surface area contributed by atoms with Gasteiger partial charge in [0.2, 0.25) is 0 Å². The number of esters is 2. The quantitative estimate of drug-likeness (QED) is 0.0195. The summed E-state index contributed by atoms with van der Waals surface area (Å²) in [4.78, 5) is 37.4. The lowest BCUT2D eigenvalue weighted by Crippen LogP contribution is -2.44. The van der Waals surface area contributed by atoms with Crippen molar-refractivity contribution in [2.45, 2.75) is 354 Å². The molecule has 0 aromatic heterocycles. The van der Waals surface area contributed by atoms with Crippen LogP contribution in [0.5, 0.6) is 0 Å². The molecule has 78 heavy (non-hydrogen) atoms. The molecule has 0 aromatic carbocycles. The van der Waals surface area contributed by atoms with Crippen LogP contribution in [0.1, 0.15) is 341 Å². The Morgan fingerprint density at radius 2 is 0.654 bits per heavy atom. The third-order valence-electron chi connectivity index (χ3n) is 15.4. The zero-order valence-electron chi connectivity index (χ0n) is 52.6. The van der Waals surface area contributed by atoms with E-state index in [4.69, 9.17) is 18.9 Å². The number of allylic oxidation sites excluding steroid dienone is 4. The summed E-state index contributed by atoms with van der Waals surface area (Å²) in [6, 6.07) is 0. The fourth-order valence-electron chi connectivity index (χ4n) is 10.2. The Kier molecular flexibility index (Phi) is 59.1. The van der Waals surface area contributed by atoms with Crippen LogP contribution in [0, 0.1) is 0 Å². The Bertz CT molecular complexity index is 1330. The van der Waals surface area contributed by atoms with Gasteiger partial charge in [0.1, 0.15) is 13.2 Å². The number of carboxylic acid groups (broad SMARTS) is 1. The summed E-state index contributed by atoms with van der Waals surface area (Å²) >= 11 is 0. The van der Waals surface area contributed by atoms with Crippen molar-refractivity contribution in [3.63, 3.8) is 0 Å². The summed E-state index contributed by atoms with van der Waals surface area (Å²) in [5, 5.41) is 11.8. The summed E-state index contributed by atoms with van der Waals surface area (Å²) in [5.41, 5.74) is 0. The van der Waals surface area contributed by atoms with Gasteiger partial charge in [0.15, 0.2) is 12.4 Å². The van der Waals surface area contributed by atoms with E-state index in [1.807, 2.05) is 21.1 Å². The molecular formula is C69H131NO8. The van der Waals surface area contributed by atoms with Crippen molar-refractivity contribution in [2.75, 3.05) is 47.5 Å². The summed E-state index contributed by atoms with van der Waals surface area (Å²) < 4.78 is 22.8. The Hall–Kier alpha value is -2.23. The van der Waals surface area contributed by atoms with Crippen LogP contribution >= 0.6 is 0 Å². The van der Waals surface area contributed by atoms with Gasteiger partial charge < -0.3 is 33.3 Å². The first-order valence-corrected chi connectivity index (χ1v) is 34.0. The van der Waals surface area contributed by atoms with Gasteiger partial charge in [0.25, 0.3) is 0 Å². The first-order valence-electron chi connectivity index (χ1n) is 34.0. The van der Waals surface area contributed by atoms with Crippen molar-refractivity contribution in [3.8, 4) is 0 Å². The number of carbonyl (C=O) groups excluding carboxylic acids is 3. The lowest BCUT2D eigenvalue weighted by atomic mass is 10.0. The third-order valence-corrected chi connectivity index (χ3v) is 15.4. The van der Waals surface area contributed by atoms with E-state index in [2.05, 4.69) is 38.2 Å². The first kappa shape index (κ1) is 75.8. The molecule has 0 N–H and O–H groups in total. The average molecular weight is 1100 g/mol. The van der Waals surface area contributed by atoms with Crippen LogP contribution in [0.4, 0.5) is 0 Å². The number of quaternary nitrogens is 1. The highest BCUT2D eigenvalue weighted by Gasteiger charge is 2.22. The minimum Gasteiger partial charge on any atom is -0.545 e. The molecule has 0 amide bonds. The molecule has 9 heteroatoms. The maximum absolute atomic E-state index is 12.9. The van der Waals surface area contributed by atoms with E-state index >= 15 is 0 Å². The number of rotatable bonds is 64. The number of carboxylic acids is 1. The van der Waals surface area contributed by atoms with Crippen molar-refractivity contribution < 1.29 is 42.9 Å². The summed E-state index contributed by atoms with van der Waals surface area (Å²) in [5.74, 6) is -2.26. The number of unbranched alkanes of at least 4 members (excludes halogenated alkanes) is 45. The lowest BCUT2D eigenvalue weighted by Gasteiger charge is -2.26. The number of aliphatic carboxylic acids is 1. The van der Waals surface area contributed by atoms with E-state index in [0.29, 0.717) is 17.4 Å². The van der Waals surface area contributed by atoms with Crippen LogP contribution in [-0.4, -0.2) is 82.3 Å². The molecule has 9 nitrogen and oxygen atoms in total. The summed E-state index contributed by atoms with van der Waals surface area (Å²) in [6.45, 7) is 4.80. The molecule has 0 aliphatic rings. The van der Waals surface area contributed by atoms with E-state index < -0.39 is 24.3 Å². The van der Waals surface area contributed by atoms with E-state index in [-0.39, 0.29) is 32.2 Å². The molecule has 2 atom stereocenters. The van der Waals surface area contributed by atoms with Crippen molar-refractivity contribution >= 4 is 17.9 Å². The van der Waals surface area contributed by atoms with Crippen molar-refractivity contribution in [1.29, 1.82) is 0 Å². The first-order chi connectivity index (χ1) is 38.1. The van der Waals surface area contributed by atoms with Gasteiger partial charge in [-0.1, -0.05) is 289 Å². The number of ether oxygens (including phenoxy) is 4. The molecule has 0 saturated carbocycles. The Labute approximate surface area is 484 Å². The number of hydrogen-bond donors (Lipinski definition) is 0. The van der Waals surface area contributed by atoms with E-state index in [9.17, 15) is 19.5 Å². The van der Waals surface area contributed by atoms with Gasteiger partial charge in [-0.25, -0.2) is 0 Å². The standard InChI is InChI=1S/C69H131NO8/c1-6-8-10-12-14-16-18-20-22-24-26-27-28-29-30-31-32-33-34-35-36-37-38-39-40-41-42-44-46-48-50-52-54-56-58-60-67(72)78-65(64-77-69(68(73)74)75-62-61-70(3,4)5)63-76-66(71)59-57-55-53-51-49-47-45-43-25-23-21-19-17-15-13-11-9-7-2/h23-26,65,69H,6-22,27-64H2,1-5H3/b25-23-,26-24-. The molecule has 0 heterocycles. The SMILES string of the molecule is CCCCCCCCC/C=C\CCCCCCCCCC(=O)OCC(COC(OCC[N+](C)(C)C)C(=O)[O-])OC(=O)CCCCCCCCCCCCCCCCCCCCCCCCC/C=C\CCCCCCCCCC. The monoisotopic (exact) mass is 1100 g/mol. The predicted molar refractivity (Wildman–Crippen MR) is 330 cm³/mol. The highest BCUT2D eigenvalue weighted by atomic mass is 16.7. The van der Waals surface area contributed by atoms with E-state index in [1.165, 1.54) is 276 Å². The van der Waals surface area contributed by atoms with Crippen LogP contribution in [0.15, 0.2) is 24.3 Å². The molecular weight excluding hydrogens is 971 g/mol. The molecule has 0 saturated heterocycles. The molecule has 2 unspecified atom stereocenters. The maximum atomic E-state index is 12.9. The lowest BCUT2D eigenvalue weighted by molar-refractivity contribution is -0.870. The van der Waals surface area contributed by atoms with Crippen LogP contribution < -0.4 is 5.11 Å². The molecule has 0 aromatic rings. The fraction of sp³-hybridized carbons (Fsp3) is 0.899. The van der Waals surface area contributed by atoms with Gasteiger partial charge in [0, 0.05) is 12.8 Å². The Morgan fingerprint density at radius 1 is 0.372 bits per heavy atom. The van der Waals surface area contributed by atoms with E-state index in [1.54, 1.807) is 0 Å². The number of carbonyl (C=O) groups is 3. The van der Waals surface area contributed by atoms with Crippen molar-refractivity contribution in [1.82, 2.24) is 0 Å². The fourth-order valence-corrected chi connectivity index (χ4v) is 10.2. The molecule has 0 rings (SSSR count). The van der Waals surface area contributed by atoms with Crippen molar-refractivity contribution in [3.05, 3.63) is 24.3 Å². The largest absolute Gasteiger partial charge is 0.545 e. The summed E-state index contributed by atoms with van der Waals surface area (Å²) in [6.07, 6.45) is 71.2. The summed E-state index contributed by atoms with van der Waals surface area (Å²) in [7, 11) is 5.94. The topological polar surface area (TPSA) is 111 Å². The zero-order valence-corrected chi connectivity index (χ0v) is 52.6. The second-order valence-corrected chi connectivity index (χ2v) is 24.5. The van der Waals surface area contributed by atoms with Gasteiger partial charge in [-0.05, 0) is 64.2 Å². The predicted octanol–water partition coefficient (Wildman–Crippen LogP) is 19.3. The van der Waals surface area contributed by atoms with E-state index in [0.717, 1.165) is 38.5 Å². The second-order valence-electron chi connectivity index (χ2n) is 24.5. The van der Waals surface area contributed by atoms with Gasteiger partial charge >= 0.3 is 11.9 Å². The molecule has 0 aliphatic heterocycles. The molecule has 460 valence electrons. The molecule has 0 fully saturated rings. The van der Waals surface area contributed by atoms with Crippen molar-refractivity contribution in [2.24, 2.45) is 0 Å². The molecule has 0 radical (unpaired) electrons. The number of nitrogens with zero attached hydrogens (tertiary/aromatic N) is 1. The molecule has 0 spiro atoms. The number of hydrogen-bond acceptors (Lipinski definition) is 8. The molecule has 0 bridgehead atoms. The molecule has 0 aliphatic carbocycles. The van der Waals surface area contributed by atoms with Crippen LogP contribution in [0.25, 0.3) is 0 Å². The Balaban J connectivity index is 4.01.